The summed E-state index contributed by atoms with van der Waals surface area (Å²) in [7, 11) is 0. The number of carbonyl (C=O) groups is 2. The Labute approximate surface area is 185 Å². The van der Waals surface area contributed by atoms with Crippen molar-refractivity contribution in [1.29, 1.82) is 0 Å². The summed E-state index contributed by atoms with van der Waals surface area (Å²) in [6, 6.07) is 13.3. The molecule has 1 aliphatic rings. The molecule has 1 unspecified atom stereocenters. The van der Waals surface area contributed by atoms with Gasteiger partial charge in [-0.3, -0.25) is 4.79 Å². The van der Waals surface area contributed by atoms with Crippen molar-refractivity contribution in [3.8, 4) is 5.75 Å². The molecule has 0 saturated carbocycles. The monoisotopic (exact) mass is 436 g/mol. The highest BCUT2D eigenvalue weighted by Crippen LogP contribution is 2.33. The molecule has 32 heavy (non-hydrogen) atoms. The summed E-state index contributed by atoms with van der Waals surface area (Å²) in [4.78, 5) is 25.4. The lowest BCUT2D eigenvalue weighted by Crippen LogP contribution is -2.31. The second kappa shape index (κ2) is 9.55. The lowest BCUT2D eigenvalue weighted by Gasteiger charge is -2.19. The van der Waals surface area contributed by atoms with Crippen LogP contribution < -0.4 is 4.74 Å². The maximum Gasteiger partial charge on any atom is 0.338 e. The molecule has 1 amide bonds. The van der Waals surface area contributed by atoms with E-state index >= 15 is 0 Å². The van der Waals surface area contributed by atoms with E-state index < -0.39 is 24.5 Å². The molecule has 3 heterocycles. The number of benzene rings is 1. The highest BCUT2D eigenvalue weighted by atomic mass is 16.5. The standard InChI is InChI=1S/C24H24N2O6/c1-16(2)14-31-18-7-3-6-17(12-18)24(28)32-15-23(27)26-20(22-9-5-11-30-22)13-19(25-26)21-8-4-10-29-21/h3-12,16,20H,13-15H2,1-2H3. The quantitative estimate of drug-likeness (QED) is 0.485. The van der Waals surface area contributed by atoms with Crippen molar-refractivity contribution >= 4 is 17.6 Å². The summed E-state index contributed by atoms with van der Waals surface area (Å²) in [5, 5.41) is 5.69. The molecule has 8 heteroatoms. The Bertz CT molecular complexity index is 1090. The molecule has 166 valence electrons. The minimum atomic E-state index is -0.614. The molecule has 3 aromatic rings. The fourth-order valence-corrected chi connectivity index (χ4v) is 3.29. The van der Waals surface area contributed by atoms with Gasteiger partial charge < -0.3 is 18.3 Å². The van der Waals surface area contributed by atoms with Gasteiger partial charge >= 0.3 is 5.97 Å². The average Bonchev–Trinajstić information content (AvgIpc) is 3.56. The zero-order valence-corrected chi connectivity index (χ0v) is 17.9. The van der Waals surface area contributed by atoms with Crippen molar-refractivity contribution in [3.05, 3.63) is 78.1 Å². The van der Waals surface area contributed by atoms with Gasteiger partial charge in [0.05, 0.1) is 24.7 Å². The lowest BCUT2D eigenvalue weighted by atomic mass is 10.1. The molecule has 4 rings (SSSR count). The average molecular weight is 436 g/mol. The molecule has 0 spiro atoms. The third-order valence-corrected chi connectivity index (χ3v) is 4.82. The van der Waals surface area contributed by atoms with Crippen LogP contribution in [0.25, 0.3) is 0 Å². The molecule has 8 nitrogen and oxygen atoms in total. The summed E-state index contributed by atoms with van der Waals surface area (Å²) < 4.78 is 21.8. The third kappa shape index (κ3) is 4.91. The van der Waals surface area contributed by atoms with Crippen LogP contribution >= 0.6 is 0 Å². The van der Waals surface area contributed by atoms with Gasteiger partial charge in [-0.1, -0.05) is 19.9 Å². The Morgan fingerprint density at radius 1 is 1.12 bits per heavy atom. The summed E-state index contributed by atoms with van der Waals surface area (Å²) in [5.41, 5.74) is 0.925. The van der Waals surface area contributed by atoms with E-state index in [1.807, 2.05) is 13.8 Å². The lowest BCUT2D eigenvalue weighted by molar-refractivity contribution is -0.136. The van der Waals surface area contributed by atoms with Crippen LogP contribution in [0.4, 0.5) is 0 Å². The maximum atomic E-state index is 12.9. The van der Waals surface area contributed by atoms with Crippen LogP contribution in [0.3, 0.4) is 0 Å². The van der Waals surface area contributed by atoms with Gasteiger partial charge in [0.15, 0.2) is 6.61 Å². The van der Waals surface area contributed by atoms with Crippen LogP contribution in [0, 0.1) is 5.92 Å². The van der Waals surface area contributed by atoms with Crippen LogP contribution in [0.1, 0.15) is 48.2 Å². The van der Waals surface area contributed by atoms with Crippen molar-refractivity contribution in [2.24, 2.45) is 11.0 Å². The van der Waals surface area contributed by atoms with E-state index in [1.54, 1.807) is 54.8 Å². The Morgan fingerprint density at radius 2 is 1.94 bits per heavy atom. The first-order valence-corrected chi connectivity index (χ1v) is 10.4. The number of furan rings is 2. The highest BCUT2D eigenvalue weighted by Gasteiger charge is 2.36. The minimum absolute atomic E-state index is 0.308. The van der Waals surface area contributed by atoms with Crippen molar-refractivity contribution in [2.45, 2.75) is 26.3 Å². The Kier molecular flexibility index (Phi) is 6.39. The molecule has 2 aromatic heterocycles. The van der Waals surface area contributed by atoms with E-state index in [0.29, 0.717) is 47.5 Å². The first kappa shape index (κ1) is 21.4. The van der Waals surface area contributed by atoms with Crippen LogP contribution in [-0.4, -0.2) is 35.8 Å². The van der Waals surface area contributed by atoms with Gasteiger partial charge in [-0.05, 0) is 48.4 Å². The van der Waals surface area contributed by atoms with Gasteiger partial charge in [0, 0.05) is 6.42 Å². The van der Waals surface area contributed by atoms with Crippen LogP contribution in [0.15, 0.2) is 75.0 Å². The zero-order chi connectivity index (χ0) is 22.5. The SMILES string of the molecule is CC(C)COc1cccc(C(=O)OCC(=O)N2N=C(c3ccco3)CC2c2ccco2)c1. The number of amides is 1. The van der Waals surface area contributed by atoms with E-state index in [-0.39, 0.29) is 0 Å². The largest absolute Gasteiger partial charge is 0.493 e. The van der Waals surface area contributed by atoms with Gasteiger partial charge in [0.25, 0.3) is 5.91 Å². The molecule has 1 aliphatic heterocycles. The summed E-state index contributed by atoms with van der Waals surface area (Å²) in [6.45, 7) is 4.16. The Morgan fingerprint density at radius 3 is 2.66 bits per heavy atom. The number of nitrogens with zero attached hydrogens (tertiary/aromatic N) is 2. The Hall–Kier alpha value is -3.81. The molecular weight excluding hydrogens is 412 g/mol. The molecule has 0 radical (unpaired) electrons. The van der Waals surface area contributed by atoms with Gasteiger partial charge in [0.2, 0.25) is 0 Å². The van der Waals surface area contributed by atoms with E-state index in [2.05, 4.69) is 5.10 Å². The zero-order valence-electron chi connectivity index (χ0n) is 17.9. The number of rotatable bonds is 8. The number of esters is 1. The van der Waals surface area contributed by atoms with Crippen molar-refractivity contribution in [1.82, 2.24) is 5.01 Å². The molecule has 0 N–H and O–H groups in total. The number of ether oxygens (including phenoxy) is 2. The molecule has 0 fully saturated rings. The van der Waals surface area contributed by atoms with Gasteiger partial charge in [-0.25, -0.2) is 9.80 Å². The predicted molar refractivity (Wildman–Crippen MR) is 115 cm³/mol. The van der Waals surface area contributed by atoms with E-state index in [1.165, 1.54) is 11.3 Å². The van der Waals surface area contributed by atoms with Crippen molar-refractivity contribution in [3.63, 3.8) is 0 Å². The van der Waals surface area contributed by atoms with Crippen molar-refractivity contribution < 1.29 is 27.9 Å². The first-order chi connectivity index (χ1) is 15.5. The number of carbonyl (C=O) groups excluding carboxylic acids is 2. The Balaban J connectivity index is 1.43. The highest BCUT2D eigenvalue weighted by molar-refractivity contribution is 6.01. The fraction of sp³-hybridized carbons (Fsp3) is 0.292. The fourth-order valence-electron chi connectivity index (χ4n) is 3.29. The topological polar surface area (TPSA) is 94.5 Å². The van der Waals surface area contributed by atoms with E-state index in [0.717, 1.165) is 0 Å². The molecule has 0 bridgehead atoms. The second-order valence-corrected chi connectivity index (χ2v) is 7.81. The molecule has 1 aromatic carbocycles. The van der Waals surface area contributed by atoms with Gasteiger partial charge in [0.1, 0.15) is 29.0 Å². The number of hydrogen-bond donors (Lipinski definition) is 0. The third-order valence-electron chi connectivity index (χ3n) is 4.82. The van der Waals surface area contributed by atoms with E-state index in [9.17, 15) is 9.59 Å². The van der Waals surface area contributed by atoms with Crippen molar-refractivity contribution in [2.75, 3.05) is 13.2 Å². The predicted octanol–water partition coefficient (Wildman–Crippen LogP) is 4.44. The van der Waals surface area contributed by atoms with Gasteiger partial charge in [-0.2, -0.15) is 5.10 Å². The smallest absolute Gasteiger partial charge is 0.338 e. The number of hydrogen-bond acceptors (Lipinski definition) is 7. The maximum absolute atomic E-state index is 12.9. The first-order valence-electron chi connectivity index (χ1n) is 10.4. The minimum Gasteiger partial charge on any atom is -0.493 e. The normalized spacial score (nSPS) is 15.7. The second-order valence-electron chi connectivity index (χ2n) is 7.81. The van der Waals surface area contributed by atoms with Crippen LogP contribution in [0.2, 0.25) is 0 Å². The van der Waals surface area contributed by atoms with Crippen LogP contribution in [0.5, 0.6) is 5.75 Å². The number of hydrazone groups is 1. The van der Waals surface area contributed by atoms with Crippen LogP contribution in [-0.2, 0) is 9.53 Å². The van der Waals surface area contributed by atoms with E-state index in [4.69, 9.17) is 18.3 Å². The molecule has 1 atom stereocenters. The molecular formula is C24H24N2O6. The molecule has 0 saturated heterocycles. The summed E-state index contributed by atoms with van der Waals surface area (Å²) >= 11 is 0. The molecule has 0 aliphatic carbocycles. The van der Waals surface area contributed by atoms with Gasteiger partial charge in [-0.15, -0.1) is 0 Å². The summed E-state index contributed by atoms with van der Waals surface area (Å²) in [6.07, 6.45) is 3.51. The summed E-state index contributed by atoms with van der Waals surface area (Å²) in [5.74, 6) is 1.02.